The van der Waals surface area contributed by atoms with E-state index in [4.69, 9.17) is 15.0 Å². The van der Waals surface area contributed by atoms with E-state index in [-0.39, 0.29) is 0 Å². The Morgan fingerprint density at radius 2 is 1.10 bits per heavy atom. The molecule has 236 valence electrons. The summed E-state index contributed by atoms with van der Waals surface area (Å²) in [6, 6.07) is 58.7. The number of aromatic nitrogens is 4. The molecule has 9 rings (SSSR count). The summed E-state index contributed by atoms with van der Waals surface area (Å²) in [5.74, 6) is 0.812. The molecule has 0 unspecified atom stereocenters. The molecule has 0 fully saturated rings. The first kappa shape index (κ1) is 29.3. The molecule has 0 aliphatic heterocycles. The van der Waals surface area contributed by atoms with E-state index in [0.717, 1.165) is 62.0 Å². The zero-order chi connectivity index (χ0) is 33.3. The van der Waals surface area contributed by atoms with Crippen molar-refractivity contribution in [2.24, 2.45) is 0 Å². The van der Waals surface area contributed by atoms with Gasteiger partial charge in [0, 0.05) is 51.4 Å². The van der Waals surface area contributed by atoms with E-state index >= 15 is 0 Å². The zero-order valence-corrected chi connectivity index (χ0v) is 27.1. The number of hydrogen-bond donors (Lipinski definition) is 1. The molecule has 3 heterocycles. The van der Waals surface area contributed by atoms with Gasteiger partial charge in [-0.15, -0.1) is 0 Å². The standard InChI is InChI=1S/C45H31N5/c1-3-11-31(12-4-1)39-26-21-32-13-7-8-16-38(32)44(39)48-36-24-19-33(20-25-36)40-27-22-34(29-46-40)35-23-28-42(47-30-35)45-49-41-17-9-10-18-43(41)50(45)37-14-5-2-6-15-37/h1-30,48H. The van der Waals surface area contributed by atoms with E-state index in [1.54, 1.807) is 0 Å². The third kappa shape index (κ3) is 5.47. The Morgan fingerprint density at radius 1 is 0.460 bits per heavy atom. The molecule has 0 saturated heterocycles. The van der Waals surface area contributed by atoms with Gasteiger partial charge in [0.1, 0.15) is 5.69 Å². The summed E-state index contributed by atoms with van der Waals surface area (Å²) in [7, 11) is 0. The van der Waals surface area contributed by atoms with Gasteiger partial charge in [0.15, 0.2) is 5.82 Å². The fourth-order valence-electron chi connectivity index (χ4n) is 6.60. The highest BCUT2D eigenvalue weighted by molar-refractivity contribution is 6.03. The minimum atomic E-state index is 0.812. The van der Waals surface area contributed by atoms with E-state index in [9.17, 15) is 0 Å². The van der Waals surface area contributed by atoms with E-state index in [0.29, 0.717) is 0 Å². The zero-order valence-electron chi connectivity index (χ0n) is 27.1. The molecule has 0 radical (unpaired) electrons. The summed E-state index contributed by atoms with van der Waals surface area (Å²) in [5, 5.41) is 6.12. The molecule has 50 heavy (non-hydrogen) atoms. The Morgan fingerprint density at radius 3 is 1.84 bits per heavy atom. The largest absolute Gasteiger partial charge is 0.355 e. The van der Waals surface area contributed by atoms with Crippen LogP contribution in [0.25, 0.3) is 72.5 Å². The lowest BCUT2D eigenvalue weighted by atomic mass is 9.98. The number of pyridine rings is 2. The smallest absolute Gasteiger partial charge is 0.164 e. The third-order valence-corrected chi connectivity index (χ3v) is 9.13. The molecule has 5 heteroatoms. The molecule has 0 aliphatic carbocycles. The minimum absolute atomic E-state index is 0.812. The van der Waals surface area contributed by atoms with Crippen LogP contribution in [0.2, 0.25) is 0 Å². The molecule has 0 aliphatic rings. The molecule has 3 aromatic heterocycles. The lowest BCUT2D eigenvalue weighted by Crippen LogP contribution is -1.98. The maximum Gasteiger partial charge on any atom is 0.164 e. The summed E-state index contributed by atoms with van der Waals surface area (Å²) < 4.78 is 2.17. The van der Waals surface area contributed by atoms with Crippen molar-refractivity contribution in [3.05, 3.63) is 182 Å². The highest BCUT2D eigenvalue weighted by atomic mass is 15.1. The van der Waals surface area contributed by atoms with Gasteiger partial charge < -0.3 is 5.32 Å². The van der Waals surface area contributed by atoms with Crippen molar-refractivity contribution in [2.45, 2.75) is 0 Å². The molecule has 5 nitrogen and oxygen atoms in total. The van der Waals surface area contributed by atoms with E-state index in [2.05, 4.69) is 137 Å². The van der Waals surface area contributed by atoms with Gasteiger partial charge in [-0.2, -0.15) is 0 Å². The molecule has 1 N–H and O–H groups in total. The highest BCUT2D eigenvalue weighted by Gasteiger charge is 2.16. The number of nitrogens with zero attached hydrogens (tertiary/aromatic N) is 4. The van der Waals surface area contributed by atoms with Crippen molar-refractivity contribution >= 4 is 33.2 Å². The van der Waals surface area contributed by atoms with Crippen LogP contribution in [0.1, 0.15) is 0 Å². The average molecular weight is 642 g/mol. The second-order valence-electron chi connectivity index (χ2n) is 12.2. The topological polar surface area (TPSA) is 55.6 Å². The molecule has 9 aromatic rings. The van der Waals surface area contributed by atoms with Crippen LogP contribution in [-0.4, -0.2) is 19.5 Å². The number of nitrogens with one attached hydrogen (secondary N) is 1. The Balaban J connectivity index is 0.965. The van der Waals surface area contributed by atoms with Crippen LogP contribution in [0.4, 0.5) is 11.4 Å². The summed E-state index contributed by atoms with van der Waals surface area (Å²) in [4.78, 5) is 14.6. The Hall–Kier alpha value is -6.85. The van der Waals surface area contributed by atoms with Crippen LogP contribution in [0.3, 0.4) is 0 Å². The van der Waals surface area contributed by atoms with Gasteiger partial charge >= 0.3 is 0 Å². The summed E-state index contributed by atoms with van der Waals surface area (Å²) in [6.07, 6.45) is 3.82. The average Bonchev–Trinajstić information content (AvgIpc) is 3.59. The fourth-order valence-corrected chi connectivity index (χ4v) is 6.60. The van der Waals surface area contributed by atoms with Gasteiger partial charge in [0.05, 0.1) is 22.4 Å². The van der Waals surface area contributed by atoms with Gasteiger partial charge in [0.2, 0.25) is 0 Å². The van der Waals surface area contributed by atoms with Crippen LogP contribution in [0.5, 0.6) is 0 Å². The number of benzene rings is 6. The van der Waals surface area contributed by atoms with Gasteiger partial charge in [-0.05, 0) is 59.5 Å². The number of anilines is 2. The maximum atomic E-state index is 4.95. The normalized spacial score (nSPS) is 11.2. The van der Waals surface area contributed by atoms with Crippen molar-refractivity contribution < 1.29 is 0 Å². The second kappa shape index (κ2) is 12.6. The van der Waals surface area contributed by atoms with Crippen molar-refractivity contribution in [3.63, 3.8) is 0 Å². The number of para-hydroxylation sites is 3. The third-order valence-electron chi connectivity index (χ3n) is 9.13. The number of hydrogen-bond acceptors (Lipinski definition) is 4. The van der Waals surface area contributed by atoms with Gasteiger partial charge in [-0.3, -0.25) is 14.5 Å². The summed E-state index contributed by atoms with van der Waals surface area (Å²) in [5.41, 5.74) is 12.3. The quantitative estimate of drug-likeness (QED) is 0.188. The molecule has 0 atom stereocenters. The first-order valence-electron chi connectivity index (χ1n) is 16.7. The van der Waals surface area contributed by atoms with Gasteiger partial charge in [0.25, 0.3) is 0 Å². The predicted octanol–water partition coefficient (Wildman–Crippen LogP) is 11.4. The maximum absolute atomic E-state index is 4.95. The first-order valence-corrected chi connectivity index (χ1v) is 16.7. The van der Waals surface area contributed by atoms with Crippen molar-refractivity contribution in [3.8, 4) is 50.7 Å². The van der Waals surface area contributed by atoms with Crippen LogP contribution in [-0.2, 0) is 0 Å². The molecular weight excluding hydrogens is 611 g/mol. The van der Waals surface area contributed by atoms with E-state index < -0.39 is 0 Å². The van der Waals surface area contributed by atoms with Crippen LogP contribution < -0.4 is 5.32 Å². The van der Waals surface area contributed by atoms with E-state index in [1.165, 1.54) is 21.9 Å². The Bertz CT molecular complexity index is 2570. The number of fused-ring (bicyclic) bond motifs is 2. The van der Waals surface area contributed by atoms with Crippen LogP contribution in [0.15, 0.2) is 182 Å². The van der Waals surface area contributed by atoms with Gasteiger partial charge in [-0.25, -0.2) is 4.98 Å². The molecule has 0 saturated carbocycles. The lowest BCUT2D eigenvalue weighted by Gasteiger charge is -2.16. The fraction of sp³-hybridized carbons (Fsp3) is 0. The second-order valence-corrected chi connectivity index (χ2v) is 12.2. The van der Waals surface area contributed by atoms with Crippen molar-refractivity contribution in [1.29, 1.82) is 0 Å². The highest BCUT2D eigenvalue weighted by Crippen LogP contribution is 2.37. The monoisotopic (exact) mass is 641 g/mol. The predicted molar refractivity (Wildman–Crippen MR) is 206 cm³/mol. The molecule has 0 bridgehead atoms. The SMILES string of the molecule is c1ccc(-c2ccc3ccccc3c2Nc2ccc(-c3ccc(-c4ccc(-c5nc6ccccc6n5-c5ccccc5)nc4)cn3)cc2)cc1. The van der Waals surface area contributed by atoms with Gasteiger partial charge in [-0.1, -0.05) is 121 Å². The first-order chi connectivity index (χ1) is 24.8. The summed E-state index contributed by atoms with van der Waals surface area (Å²) in [6.45, 7) is 0. The molecular formula is C45H31N5. The molecule has 6 aromatic carbocycles. The lowest BCUT2D eigenvalue weighted by molar-refractivity contribution is 1.08. The summed E-state index contributed by atoms with van der Waals surface area (Å²) >= 11 is 0. The van der Waals surface area contributed by atoms with Crippen LogP contribution >= 0.6 is 0 Å². The molecule has 0 spiro atoms. The minimum Gasteiger partial charge on any atom is -0.355 e. The van der Waals surface area contributed by atoms with E-state index in [1.807, 2.05) is 54.9 Å². The van der Waals surface area contributed by atoms with Crippen molar-refractivity contribution in [1.82, 2.24) is 19.5 Å². The number of rotatable bonds is 7. The van der Waals surface area contributed by atoms with Crippen LogP contribution in [0, 0.1) is 0 Å². The molecule has 0 amide bonds. The Kier molecular flexibility index (Phi) is 7.41. The number of imidazole rings is 1. The Labute approximate surface area is 290 Å². The van der Waals surface area contributed by atoms with Crippen molar-refractivity contribution in [2.75, 3.05) is 5.32 Å².